The molecule has 11 heavy (non-hydrogen) atoms. The fourth-order valence-corrected chi connectivity index (χ4v) is 3.22. The smallest absolute Gasteiger partial charge is 0.0397 e. The summed E-state index contributed by atoms with van der Waals surface area (Å²) in [5.74, 6) is 0. The predicted molar refractivity (Wildman–Crippen MR) is 77.2 cm³/mol. The molecule has 0 radical (unpaired) electrons. The van der Waals surface area contributed by atoms with Gasteiger partial charge in [0.2, 0.25) is 0 Å². The first kappa shape index (κ1) is 11.0. The van der Waals surface area contributed by atoms with E-state index in [1.54, 1.807) is 0 Å². The van der Waals surface area contributed by atoms with E-state index in [0.29, 0.717) is 0 Å². The zero-order valence-electron chi connectivity index (χ0n) is 5.37. The predicted octanol–water partition coefficient (Wildman–Crippen LogP) is 4.40. The minimum absolute atomic E-state index is 0.940. The molecule has 0 atom stereocenters. The lowest BCUT2D eigenvalue weighted by atomic mass is 10.2. The Balaban J connectivity index is 3.21. The Morgan fingerprint density at radius 2 is 1.55 bits per heavy atom. The van der Waals surface area contributed by atoms with E-state index in [2.05, 4.69) is 95.8 Å². The van der Waals surface area contributed by atoms with Crippen molar-refractivity contribution in [1.29, 1.82) is 0 Å². The van der Waals surface area contributed by atoms with E-state index < -0.39 is 0 Å². The Hall–Kier alpha value is 1.89. The van der Waals surface area contributed by atoms with Crippen LogP contribution >= 0.6 is 83.7 Å². The Bertz CT molecular complexity index is 249. The lowest BCUT2D eigenvalue weighted by Gasteiger charge is -2.02. The molecule has 0 fully saturated rings. The van der Waals surface area contributed by atoms with Crippen molar-refractivity contribution < 1.29 is 0 Å². The standard InChI is InChI=1S/C7H4BrI3/c8-3-4-1-5(9)7(11)6(10)2-4/h1-2H,3H2. The molecule has 1 aromatic carbocycles. The highest BCUT2D eigenvalue weighted by atomic mass is 127. The summed E-state index contributed by atoms with van der Waals surface area (Å²) in [5.41, 5.74) is 1.35. The van der Waals surface area contributed by atoms with Crippen LogP contribution in [0.4, 0.5) is 0 Å². The SMILES string of the molecule is BrCc1cc(I)c(I)c(I)c1. The Morgan fingerprint density at radius 3 is 1.91 bits per heavy atom. The van der Waals surface area contributed by atoms with Crippen LogP contribution in [-0.4, -0.2) is 0 Å². The molecule has 1 rings (SSSR count). The molecule has 0 nitrogen and oxygen atoms in total. The highest BCUT2D eigenvalue weighted by Gasteiger charge is 2.02. The molecule has 0 amide bonds. The molecule has 0 aliphatic rings. The molecular formula is C7H4BrI3. The van der Waals surface area contributed by atoms with Crippen molar-refractivity contribution in [3.63, 3.8) is 0 Å². The van der Waals surface area contributed by atoms with E-state index >= 15 is 0 Å². The van der Waals surface area contributed by atoms with E-state index in [1.165, 1.54) is 16.3 Å². The van der Waals surface area contributed by atoms with Gasteiger partial charge in [-0.1, -0.05) is 15.9 Å². The number of halogens is 4. The summed E-state index contributed by atoms with van der Waals surface area (Å²) in [6, 6.07) is 4.42. The van der Waals surface area contributed by atoms with Crippen molar-refractivity contribution in [3.05, 3.63) is 28.4 Å². The van der Waals surface area contributed by atoms with Gasteiger partial charge in [-0.05, 0) is 85.5 Å². The molecule has 0 unspecified atom stereocenters. The molecule has 1 aromatic rings. The van der Waals surface area contributed by atoms with E-state index in [1.807, 2.05) is 0 Å². The van der Waals surface area contributed by atoms with Crippen LogP contribution in [0.15, 0.2) is 12.1 Å². The fourth-order valence-electron chi connectivity index (χ4n) is 0.685. The molecule has 0 heterocycles. The number of alkyl halides is 1. The fraction of sp³-hybridized carbons (Fsp3) is 0.143. The molecule has 0 spiro atoms. The molecule has 0 saturated carbocycles. The maximum atomic E-state index is 3.44. The highest BCUT2D eigenvalue weighted by molar-refractivity contribution is 14.1. The summed E-state index contributed by atoms with van der Waals surface area (Å²) in [4.78, 5) is 0. The van der Waals surface area contributed by atoms with Crippen LogP contribution in [0.1, 0.15) is 5.56 Å². The van der Waals surface area contributed by atoms with Gasteiger partial charge in [-0.3, -0.25) is 0 Å². The van der Waals surface area contributed by atoms with Crippen LogP contribution in [0, 0.1) is 10.7 Å². The second-order valence-electron chi connectivity index (χ2n) is 2.01. The van der Waals surface area contributed by atoms with Gasteiger partial charge in [0.05, 0.1) is 0 Å². The van der Waals surface area contributed by atoms with Gasteiger partial charge >= 0.3 is 0 Å². The van der Waals surface area contributed by atoms with Crippen LogP contribution in [-0.2, 0) is 5.33 Å². The quantitative estimate of drug-likeness (QED) is 0.277. The first-order chi connectivity index (χ1) is 5.15. The monoisotopic (exact) mass is 548 g/mol. The van der Waals surface area contributed by atoms with E-state index in [4.69, 9.17) is 0 Å². The Labute approximate surface area is 115 Å². The van der Waals surface area contributed by atoms with Gasteiger partial charge in [-0.2, -0.15) is 0 Å². The first-order valence-electron chi connectivity index (χ1n) is 2.84. The van der Waals surface area contributed by atoms with Crippen LogP contribution in [0.3, 0.4) is 0 Å². The maximum Gasteiger partial charge on any atom is 0.0397 e. The van der Waals surface area contributed by atoms with Gasteiger partial charge in [-0.25, -0.2) is 0 Å². The highest BCUT2D eigenvalue weighted by Crippen LogP contribution is 2.23. The lowest BCUT2D eigenvalue weighted by Crippen LogP contribution is -1.88. The van der Waals surface area contributed by atoms with Crippen molar-refractivity contribution in [1.82, 2.24) is 0 Å². The second kappa shape index (κ2) is 4.94. The lowest BCUT2D eigenvalue weighted by molar-refractivity contribution is 1.37. The van der Waals surface area contributed by atoms with Gasteiger partial charge < -0.3 is 0 Å². The molecule has 4 heteroatoms. The minimum Gasteiger partial charge on any atom is -0.0876 e. The third-order valence-electron chi connectivity index (χ3n) is 1.20. The molecule has 0 aliphatic carbocycles. The van der Waals surface area contributed by atoms with E-state index in [-0.39, 0.29) is 0 Å². The summed E-state index contributed by atoms with van der Waals surface area (Å²) in [5, 5.41) is 0.940. The van der Waals surface area contributed by atoms with Gasteiger partial charge in [0.15, 0.2) is 0 Å². The van der Waals surface area contributed by atoms with E-state index in [9.17, 15) is 0 Å². The average molecular weight is 549 g/mol. The summed E-state index contributed by atoms with van der Waals surface area (Å²) in [7, 11) is 0. The van der Waals surface area contributed by atoms with Crippen molar-refractivity contribution in [3.8, 4) is 0 Å². The number of hydrogen-bond acceptors (Lipinski definition) is 0. The molecule has 0 bridgehead atoms. The van der Waals surface area contributed by atoms with Crippen LogP contribution in [0.5, 0.6) is 0 Å². The number of benzene rings is 1. The van der Waals surface area contributed by atoms with Gasteiger partial charge in [0, 0.05) is 16.0 Å². The minimum atomic E-state index is 0.940. The van der Waals surface area contributed by atoms with Gasteiger partial charge in [0.1, 0.15) is 0 Å². The van der Waals surface area contributed by atoms with E-state index in [0.717, 1.165) is 5.33 Å². The van der Waals surface area contributed by atoms with Crippen molar-refractivity contribution in [2.24, 2.45) is 0 Å². The number of rotatable bonds is 1. The average Bonchev–Trinajstić information content (AvgIpc) is 1.99. The normalized spacial score (nSPS) is 10.2. The molecule has 0 aliphatic heterocycles. The van der Waals surface area contributed by atoms with Crippen molar-refractivity contribution >= 4 is 83.7 Å². The van der Waals surface area contributed by atoms with Crippen molar-refractivity contribution in [2.75, 3.05) is 0 Å². The van der Waals surface area contributed by atoms with Crippen LogP contribution in [0.2, 0.25) is 0 Å². The largest absolute Gasteiger partial charge is 0.0876 e. The Morgan fingerprint density at radius 1 is 1.09 bits per heavy atom. The van der Waals surface area contributed by atoms with Crippen molar-refractivity contribution in [2.45, 2.75) is 5.33 Å². The van der Waals surface area contributed by atoms with Gasteiger partial charge in [-0.15, -0.1) is 0 Å². The molecule has 0 N–H and O–H groups in total. The maximum absolute atomic E-state index is 3.44. The molecule has 0 saturated heterocycles. The third-order valence-corrected chi connectivity index (χ3v) is 6.77. The molecule has 0 aromatic heterocycles. The zero-order valence-corrected chi connectivity index (χ0v) is 13.4. The van der Waals surface area contributed by atoms with Crippen LogP contribution < -0.4 is 0 Å². The summed E-state index contributed by atoms with van der Waals surface area (Å²) in [6.07, 6.45) is 0. The Kier molecular flexibility index (Phi) is 4.93. The summed E-state index contributed by atoms with van der Waals surface area (Å²) in [6.45, 7) is 0. The number of hydrogen-bond donors (Lipinski definition) is 0. The summed E-state index contributed by atoms with van der Waals surface area (Å²) < 4.78 is 4.03. The second-order valence-corrected chi connectivity index (χ2v) is 5.97. The third kappa shape index (κ3) is 2.94. The topological polar surface area (TPSA) is 0 Å². The molecule has 60 valence electrons. The zero-order chi connectivity index (χ0) is 8.43. The van der Waals surface area contributed by atoms with Crippen LogP contribution in [0.25, 0.3) is 0 Å². The summed E-state index contributed by atoms with van der Waals surface area (Å²) >= 11 is 10.5. The van der Waals surface area contributed by atoms with Gasteiger partial charge in [0.25, 0.3) is 0 Å². The molecular weight excluding hydrogens is 545 g/mol. The first-order valence-corrected chi connectivity index (χ1v) is 7.20.